The quantitative estimate of drug-likeness (QED) is 0.625. The van der Waals surface area contributed by atoms with Gasteiger partial charge in [-0.3, -0.25) is 4.99 Å². The minimum absolute atomic E-state index is 0.141. The predicted molar refractivity (Wildman–Crippen MR) is 87.6 cm³/mol. The number of ether oxygens (including phenoxy) is 1. The zero-order valence-electron chi connectivity index (χ0n) is 14.0. The van der Waals surface area contributed by atoms with E-state index in [-0.39, 0.29) is 6.10 Å². The molecule has 0 aromatic carbocycles. The number of aromatic nitrogens is 1. The highest BCUT2D eigenvalue weighted by atomic mass is 16.5. The molecule has 0 aliphatic heterocycles. The molecule has 5 heteroatoms. The zero-order valence-corrected chi connectivity index (χ0v) is 14.0. The lowest BCUT2D eigenvalue weighted by atomic mass is 10.1. The fraction of sp³-hybridized carbons (Fsp3) is 0.625. The Labute approximate surface area is 128 Å². The van der Waals surface area contributed by atoms with E-state index in [2.05, 4.69) is 41.4 Å². The van der Waals surface area contributed by atoms with Gasteiger partial charge in [-0.1, -0.05) is 19.9 Å². The number of nitrogens with one attached hydrogen (secondary N) is 2. The number of nitrogens with zero attached hydrogens (tertiary/aromatic N) is 2. The van der Waals surface area contributed by atoms with Crippen LogP contribution in [-0.2, 0) is 6.54 Å². The number of rotatable bonds is 6. The van der Waals surface area contributed by atoms with Crippen molar-refractivity contribution in [3.05, 3.63) is 23.9 Å². The first-order valence-corrected chi connectivity index (χ1v) is 7.51. The van der Waals surface area contributed by atoms with Crippen LogP contribution in [0.2, 0.25) is 0 Å². The number of pyridine rings is 1. The molecule has 0 radical (unpaired) electrons. The van der Waals surface area contributed by atoms with Crippen molar-refractivity contribution >= 4 is 5.96 Å². The second kappa shape index (κ2) is 8.49. The van der Waals surface area contributed by atoms with E-state index in [0.717, 1.165) is 11.5 Å². The molecule has 1 aromatic heterocycles. The maximum Gasteiger partial charge on any atom is 0.213 e. The number of aliphatic imine (C=N–C) groups is 1. The Kier molecular flexibility index (Phi) is 6.99. The van der Waals surface area contributed by atoms with Gasteiger partial charge >= 0.3 is 0 Å². The van der Waals surface area contributed by atoms with Crippen molar-refractivity contribution in [3.8, 4) is 5.88 Å². The van der Waals surface area contributed by atoms with Gasteiger partial charge in [0.1, 0.15) is 0 Å². The van der Waals surface area contributed by atoms with Gasteiger partial charge in [-0.2, -0.15) is 0 Å². The van der Waals surface area contributed by atoms with Crippen LogP contribution in [-0.4, -0.2) is 30.1 Å². The predicted octanol–water partition coefficient (Wildman–Crippen LogP) is 2.58. The summed E-state index contributed by atoms with van der Waals surface area (Å²) in [5, 5.41) is 6.66. The van der Waals surface area contributed by atoms with Crippen molar-refractivity contribution in [3.63, 3.8) is 0 Å². The lowest BCUT2D eigenvalue weighted by Crippen LogP contribution is -2.43. The molecule has 1 atom stereocenters. The third-order valence-electron chi connectivity index (χ3n) is 3.20. The van der Waals surface area contributed by atoms with Gasteiger partial charge < -0.3 is 15.4 Å². The molecule has 0 aliphatic rings. The molecule has 21 heavy (non-hydrogen) atoms. The van der Waals surface area contributed by atoms with Crippen LogP contribution in [0.4, 0.5) is 0 Å². The minimum atomic E-state index is 0.141. The van der Waals surface area contributed by atoms with Crippen molar-refractivity contribution in [2.75, 3.05) is 7.05 Å². The molecular formula is C16H28N4O. The summed E-state index contributed by atoms with van der Waals surface area (Å²) in [6.45, 7) is 11.2. The van der Waals surface area contributed by atoms with Crippen LogP contribution in [0.25, 0.3) is 0 Å². The standard InChI is InChI=1S/C16H28N4O/c1-11(2)13(5)20-16(17-6)19-10-14-7-8-15(18-9-14)21-12(3)4/h7-9,11-13H,10H2,1-6H3,(H2,17,19,20). The van der Waals surface area contributed by atoms with E-state index in [1.54, 1.807) is 7.05 Å². The molecule has 0 spiro atoms. The largest absolute Gasteiger partial charge is 0.475 e. The van der Waals surface area contributed by atoms with Crippen LogP contribution < -0.4 is 15.4 Å². The van der Waals surface area contributed by atoms with Crippen LogP contribution in [0.1, 0.15) is 40.2 Å². The molecule has 1 aromatic rings. The maximum atomic E-state index is 5.53. The van der Waals surface area contributed by atoms with E-state index in [4.69, 9.17) is 4.74 Å². The Morgan fingerprint density at radius 3 is 2.43 bits per heavy atom. The summed E-state index contributed by atoms with van der Waals surface area (Å²) in [4.78, 5) is 8.52. The SMILES string of the molecule is CN=C(NCc1ccc(OC(C)C)nc1)NC(C)C(C)C. The van der Waals surface area contributed by atoms with Gasteiger partial charge in [0.2, 0.25) is 5.88 Å². The summed E-state index contributed by atoms with van der Waals surface area (Å²) in [5.74, 6) is 2.01. The Bertz CT molecular complexity index is 440. The normalized spacial score (nSPS) is 13.4. The molecule has 0 amide bonds. The molecule has 5 nitrogen and oxygen atoms in total. The van der Waals surface area contributed by atoms with Crippen LogP contribution in [0.3, 0.4) is 0 Å². The maximum absolute atomic E-state index is 5.53. The van der Waals surface area contributed by atoms with Crippen molar-refractivity contribution < 1.29 is 4.74 Å². The molecule has 1 rings (SSSR count). The van der Waals surface area contributed by atoms with Gasteiger partial charge in [0.15, 0.2) is 5.96 Å². The molecule has 0 fully saturated rings. The number of hydrogen-bond acceptors (Lipinski definition) is 3. The summed E-state index contributed by atoms with van der Waals surface area (Å²) in [5.41, 5.74) is 1.09. The smallest absolute Gasteiger partial charge is 0.213 e. The van der Waals surface area contributed by atoms with Crippen LogP contribution >= 0.6 is 0 Å². The Morgan fingerprint density at radius 1 is 1.24 bits per heavy atom. The topological polar surface area (TPSA) is 58.5 Å². The fourth-order valence-corrected chi connectivity index (χ4v) is 1.59. The number of guanidine groups is 1. The van der Waals surface area contributed by atoms with Gasteiger partial charge in [0.05, 0.1) is 6.10 Å². The van der Waals surface area contributed by atoms with Crippen LogP contribution in [0.5, 0.6) is 5.88 Å². The first-order valence-electron chi connectivity index (χ1n) is 7.51. The highest BCUT2D eigenvalue weighted by Crippen LogP contribution is 2.09. The average Bonchev–Trinajstić information content (AvgIpc) is 2.44. The molecule has 1 heterocycles. The summed E-state index contributed by atoms with van der Waals surface area (Å²) < 4.78 is 5.53. The van der Waals surface area contributed by atoms with Gasteiger partial charge in [0.25, 0.3) is 0 Å². The van der Waals surface area contributed by atoms with E-state index >= 15 is 0 Å². The van der Waals surface area contributed by atoms with Crippen LogP contribution in [0.15, 0.2) is 23.3 Å². The molecular weight excluding hydrogens is 264 g/mol. The van der Waals surface area contributed by atoms with Crippen molar-refractivity contribution in [1.29, 1.82) is 0 Å². The molecule has 118 valence electrons. The molecule has 0 aliphatic carbocycles. The summed E-state index contributed by atoms with van der Waals surface area (Å²) in [6.07, 6.45) is 1.96. The van der Waals surface area contributed by atoms with Crippen LogP contribution in [0, 0.1) is 5.92 Å². The number of hydrogen-bond donors (Lipinski definition) is 2. The molecule has 2 N–H and O–H groups in total. The van der Waals surface area contributed by atoms with Gasteiger partial charge in [-0.05, 0) is 32.3 Å². The van der Waals surface area contributed by atoms with Gasteiger partial charge in [-0.25, -0.2) is 4.98 Å². The molecule has 0 saturated carbocycles. The highest BCUT2D eigenvalue weighted by molar-refractivity contribution is 5.79. The fourth-order valence-electron chi connectivity index (χ4n) is 1.59. The Hall–Kier alpha value is -1.78. The van der Waals surface area contributed by atoms with E-state index in [9.17, 15) is 0 Å². The highest BCUT2D eigenvalue weighted by Gasteiger charge is 2.08. The van der Waals surface area contributed by atoms with Gasteiger partial charge in [0, 0.05) is 31.9 Å². The monoisotopic (exact) mass is 292 g/mol. The third kappa shape index (κ3) is 6.47. The third-order valence-corrected chi connectivity index (χ3v) is 3.20. The average molecular weight is 292 g/mol. The van der Waals surface area contributed by atoms with E-state index in [0.29, 0.717) is 24.4 Å². The zero-order chi connectivity index (χ0) is 15.8. The van der Waals surface area contributed by atoms with Gasteiger partial charge in [-0.15, -0.1) is 0 Å². The first-order chi connectivity index (χ1) is 9.92. The molecule has 1 unspecified atom stereocenters. The van der Waals surface area contributed by atoms with E-state index in [1.807, 2.05) is 32.2 Å². The lowest BCUT2D eigenvalue weighted by Gasteiger charge is -2.20. The second-order valence-electron chi connectivity index (χ2n) is 5.77. The second-order valence-corrected chi connectivity index (χ2v) is 5.77. The first kappa shape index (κ1) is 17.3. The molecule has 0 bridgehead atoms. The van der Waals surface area contributed by atoms with Crippen molar-refractivity contribution in [2.45, 2.75) is 53.3 Å². The molecule has 0 saturated heterocycles. The summed E-state index contributed by atoms with van der Waals surface area (Å²) >= 11 is 0. The summed E-state index contributed by atoms with van der Waals surface area (Å²) in [6, 6.07) is 4.28. The van der Waals surface area contributed by atoms with Crippen molar-refractivity contribution in [2.24, 2.45) is 10.9 Å². The lowest BCUT2D eigenvalue weighted by molar-refractivity contribution is 0.232. The van der Waals surface area contributed by atoms with E-state index in [1.165, 1.54) is 0 Å². The van der Waals surface area contributed by atoms with E-state index < -0.39 is 0 Å². The minimum Gasteiger partial charge on any atom is -0.475 e. The Morgan fingerprint density at radius 2 is 1.95 bits per heavy atom. The van der Waals surface area contributed by atoms with Crippen molar-refractivity contribution in [1.82, 2.24) is 15.6 Å². The summed E-state index contributed by atoms with van der Waals surface area (Å²) in [7, 11) is 1.78. The Balaban J connectivity index is 2.50.